The summed E-state index contributed by atoms with van der Waals surface area (Å²) in [6.45, 7) is 6.31. The Balaban J connectivity index is 1.66. The van der Waals surface area contributed by atoms with Crippen LogP contribution in [0.4, 0.5) is 4.39 Å². The van der Waals surface area contributed by atoms with Gasteiger partial charge in [0.1, 0.15) is 17.9 Å². The zero-order valence-corrected chi connectivity index (χ0v) is 19.7. The lowest BCUT2D eigenvalue weighted by atomic mass is 10.1. The van der Waals surface area contributed by atoms with Crippen LogP contribution in [0.15, 0.2) is 18.2 Å². The first kappa shape index (κ1) is 25.1. The summed E-state index contributed by atoms with van der Waals surface area (Å²) in [4.78, 5) is 40.6. The smallest absolute Gasteiger partial charge is 0.245 e. The molecule has 5 N–H and O–H groups in total. The molecule has 0 saturated carbocycles. The van der Waals surface area contributed by atoms with E-state index in [1.54, 1.807) is 17.9 Å². The molecule has 33 heavy (non-hydrogen) atoms. The van der Waals surface area contributed by atoms with E-state index < -0.39 is 18.1 Å². The van der Waals surface area contributed by atoms with Crippen molar-refractivity contribution < 1.29 is 18.8 Å². The van der Waals surface area contributed by atoms with Gasteiger partial charge < -0.3 is 26.6 Å². The summed E-state index contributed by atoms with van der Waals surface area (Å²) in [6.07, 6.45) is 2.75. The SMILES string of the molecule is CC(C)N[C@H](C)C(=O)N[C@H](CCN)C(=O)N1CCC[C@@H]1C(=O)NC1CCc2c(F)cccc21. The molecule has 1 aromatic rings. The largest absolute Gasteiger partial charge is 0.347 e. The fourth-order valence-electron chi connectivity index (χ4n) is 4.83. The molecule has 0 bridgehead atoms. The van der Waals surface area contributed by atoms with E-state index in [2.05, 4.69) is 16.0 Å². The standard InChI is InChI=1S/C24H36FN5O3/c1-14(2)27-15(3)22(31)29-20(11-12-26)24(33)30-13-5-8-21(30)23(32)28-19-10-9-16-17(19)6-4-7-18(16)25/h4,6-7,14-15,19-21,27H,5,8-13,26H2,1-3H3,(H,28,32)(H,29,31)/t15-,19?,20-,21-/m1/s1. The van der Waals surface area contributed by atoms with Crippen molar-refractivity contribution in [1.82, 2.24) is 20.9 Å². The fraction of sp³-hybridized carbons (Fsp3) is 0.625. The van der Waals surface area contributed by atoms with Gasteiger partial charge in [-0.15, -0.1) is 0 Å². The lowest BCUT2D eigenvalue weighted by Crippen LogP contribution is -2.56. The maximum atomic E-state index is 14.0. The van der Waals surface area contributed by atoms with Crippen LogP contribution in [-0.4, -0.2) is 59.9 Å². The molecule has 1 fully saturated rings. The molecule has 1 saturated heterocycles. The van der Waals surface area contributed by atoms with Crippen LogP contribution >= 0.6 is 0 Å². The summed E-state index contributed by atoms with van der Waals surface area (Å²) in [5.74, 6) is -1.06. The summed E-state index contributed by atoms with van der Waals surface area (Å²) in [5, 5.41) is 8.94. The van der Waals surface area contributed by atoms with Crippen molar-refractivity contribution in [3.63, 3.8) is 0 Å². The molecule has 3 amide bonds. The summed E-state index contributed by atoms with van der Waals surface area (Å²) in [5.41, 5.74) is 7.17. The van der Waals surface area contributed by atoms with E-state index in [-0.39, 0.29) is 42.2 Å². The molecule has 8 nitrogen and oxygen atoms in total. The number of nitrogens with one attached hydrogen (secondary N) is 3. The number of carbonyl (C=O) groups excluding carboxylic acids is 3. The highest BCUT2D eigenvalue weighted by Gasteiger charge is 2.39. The first-order valence-corrected chi connectivity index (χ1v) is 11.9. The van der Waals surface area contributed by atoms with Gasteiger partial charge in [0.05, 0.1) is 12.1 Å². The lowest BCUT2D eigenvalue weighted by Gasteiger charge is -2.30. The normalized spacial score (nSPS) is 21.6. The van der Waals surface area contributed by atoms with Gasteiger partial charge in [-0.1, -0.05) is 26.0 Å². The van der Waals surface area contributed by atoms with Gasteiger partial charge in [-0.25, -0.2) is 4.39 Å². The van der Waals surface area contributed by atoms with E-state index in [1.165, 1.54) is 6.07 Å². The third-order valence-electron chi connectivity index (χ3n) is 6.42. The van der Waals surface area contributed by atoms with Crippen molar-refractivity contribution in [1.29, 1.82) is 0 Å². The van der Waals surface area contributed by atoms with Crippen molar-refractivity contribution in [2.45, 2.75) is 83.1 Å². The van der Waals surface area contributed by atoms with E-state index >= 15 is 0 Å². The highest BCUT2D eigenvalue weighted by Crippen LogP contribution is 2.33. The Morgan fingerprint density at radius 1 is 1.21 bits per heavy atom. The number of carbonyl (C=O) groups is 3. The molecule has 0 radical (unpaired) electrons. The minimum atomic E-state index is -0.784. The van der Waals surface area contributed by atoms with Crippen LogP contribution in [0.3, 0.4) is 0 Å². The molecule has 9 heteroatoms. The number of rotatable bonds is 9. The van der Waals surface area contributed by atoms with E-state index in [0.717, 1.165) is 5.56 Å². The Bertz CT molecular complexity index is 878. The second kappa shape index (κ2) is 11.1. The zero-order valence-electron chi connectivity index (χ0n) is 19.7. The van der Waals surface area contributed by atoms with Gasteiger partial charge in [0.15, 0.2) is 0 Å². The number of halogens is 1. The van der Waals surface area contributed by atoms with Crippen molar-refractivity contribution in [2.75, 3.05) is 13.1 Å². The minimum Gasteiger partial charge on any atom is -0.347 e. The number of hydrogen-bond acceptors (Lipinski definition) is 5. The number of hydrogen-bond donors (Lipinski definition) is 4. The Kier molecular flexibility index (Phi) is 8.42. The summed E-state index contributed by atoms with van der Waals surface area (Å²) < 4.78 is 14.0. The third-order valence-corrected chi connectivity index (χ3v) is 6.42. The van der Waals surface area contributed by atoms with Crippen LogP contribution in [0.5, 0.6) is 0 Å². The molecular formula is C24H36FN5O3. The maximum absolute atomic E-state index is 14.0. The number of fused-ring (bicyclic) bond motifs is 1. The van der Waals surface area contributed by atoms with Gasteiger partial charge in [-0.2, -0.15) is 0 Å². The molecule has 1 aromatic carbocycles. The number of nitrogens with two attached hydrogens (primary N) is 1. The Labute approximate surface area is 194 Å². The van der Waals surface area contributed by atoms with Crippen molar-refractivity contribution >= 4 is 17.7 Å². The zero-order chi connectivity index (χ0) is 24.1. The molecule has 1 unspecified atom stereocenters. The number of amides is 3. The van der Waals surface area contributed by atoms with E-state index in [4.69, 9.17) is 5.73 Å². The molecule has 1 heterocycles. The Morgan fingerprint density at radius 3 is 2.67 bits per heavy atom. The molecule has 3 rings (SSSR count). The molecule has 0 spiro atoms. The molecule has 1 aliphatic heterocycles. The van der Waals surface area contributed by atoms with E-state index in [9.17, 15) is 18.8 Å². The Morgan fingerprint density at radius 2 is 1.97 bits per heavy atom. The van der Waals surface area contributed by atoms with Crippen molar-refractivity contribution in [3.8, 4) is 0 Å². The van der Waals surface area contributed by atoms with Gasteiger partial charge in [0.2, 0.25) is 17.7 Å². The van der Waals surface area contributed by atoms with Gasteiger partial charge in [-0.3, -0.25) is 14.4 Å². The topological polar surface area (TPSA) is 117 Å². The number of likely N-dealkylation sites (tertiary alicyclic amines) is 1. The van der Waals surface area contributed by atoms with Gasteiger partial charge in [0.25, 0.3) is 0 Å². The molecular weight excluding hydrogens is 425 g/mol. The van der Waals surface area contributed by atoms with Crippen LogP contribution < -0.4 is 21.7 Å². The second-order valence-electron chi connectivity index (χ2n) is 9.28. The predicted molar refractivity (Wildman–Crippen MR) is 124 cm³/mol. The predicted octanol–water partition coefficient (Wildman–Crippen LogP) is 1.14. The van der Waals surface area contributed by atoms with Gasteiger partial charge in [-0.05, 0) is 62.8 Å². The quantitative estimate of drug-likeness (QED) is 0.440. The van der Waals surface area contributed by atoms with Gasteiger partial charge >= 0.3 is 0 Å². The number of benzene rings is 1. The van der Waals surface area contributed by atoms with Crippen LogP contribution in [0.25, 0.3) is 0 Å². The van der Waals surface area contributed by atoms with Crippen LogP contribution in [0.1, 0.15) is 63.6 Å². The number of nitrogens with zero attached hydrogens (tertiary/aromatic N) is 1. The minimum absolute atomic E-state index is 0.121. The molecule has 0 aromatic heterocycles. The Hall–Kier alpha value is -2.52. The van der Waals surface area contributed by atoms with Crippen LogP contribution in [0, 0.1) is 5.82 Å². The van der Waals surface area contributed by atoms with Crippen LogP contribution in [0.2, 0.25) is 0 Å². The molecule has 1 aliphatic carbocycles. The first-order chi connectivity index (χ1) is 15.7. The first-order valence-electron chi connectivity index (χ1n) is 11.9. The summed E-state index contributed by atoms with van der Waals surface area (Å²) in [6, 6.07) is 2.93. The molecule has 182 valence electrons. The van der Waals surface area contributed by atoms with Crippen LogP contribution in [-0.2, 0) is 20.8 Å². The highest BCUT2D eigenvalue weighted by atomic mass is 19.1. The van der Waals surface area contributed by atoms with Crippen molar-refractivity contribution in [2.24, 2.45) is 5.73 Å². The molecule has 2 aliphatic rings. The average molecular weight is 462 g/mol. The maximum Gasteiger partial charge on any atom is 0.245 e. The monoisotopic (exact) mass is 461 g/mol. The average Bonchev–Trinajstić information content (AvgIpc) is 3.41. The van der Waals surface area contributed by atoms with Crippen molar-refractivity contribution in [3.05, 3.63) is 35.1 Å². The van der Waals surface area contributed by atoms with Gasteiger partial charge in [0, 0.05) is 12.6 Å². The highest BCUT2D eigenvalue weighted by molar-refractivity contribution is 5.93. The van der Waals surface area contributed by atoms with E-state index in [0.29, 0.717) is 44.2 Å². The third kappa shape index (κ3) is 5.89. The van der Waals surface area contributed by atoms with E-state index in [1.807, 2.05) is 19.9 Å². The summed E-state index contributed by atoms with van der Waals surface area (Å²) in [7, 11) is 0. The second-order valence-corrected chi connectivity index (χ2v) is 9.28. The molecule has 4 atom stereocenters. The lowest BCUT2D eigenvalue weighted by molar-refractivity contribution is -0.142. The summed E-state index contributed by atoms with van der Waals surface area (Å²) >= 11 is 0. The fourth-order valence-corrected chi connectivity index (χ4v) is 4.83.